The van der Waals surface area contributed by atoms with E-state index >= 15 is 0 Å². The van der Waals surface area contributed by atoms with E-state index in [2.05, 4.69) is 15.6 Å². The zero-order valence-corrected chi connectivity index (χ0v) is 24.2. The van der Waals surface area contributed by atoms with Crippen LogP contribution >= 0.6 is 0 Å². The molecule has 0 unspecified atom stereocenters. The van der Waals surface area contributed by atoms with Crippen LogP contribution in [0.3, 0.4) is 0 Å². The minimum absolute atomic E-state index is 0.0341. The van der Waals surface area contributed by atoms with E-state index in [1.54, 1.807) is 19.3 Å². The number of amides is 2. The Balaban J connectivity index is 1.68. The monoisotopic (exact) mass is 543 g/mol. The lowest BCUT2D eigenvalue weighted by Crippen LogP contribution is -2.23. The van der Waals surface area contributed by atoms with Crippen LogP contribution in [0.5, 0.6) is 11.5 Å². The molecule has 9 heteroatoms. The summed E-state index contributed by atoms with van der Waals surface area (Å²) in [5.41, 5.74) is 5.68. The van der Waals surface area contributed by atoms with E-state index in [1.807, 2.05) is 77.0 Å². The Morgan fingerprint density at radius 2 is 1.73 bits per heavy atom. The average Bonchev–Trinajstić information content (AvgIpc) is 3.33. The number of nitrogens with zero attached hydrogens (tertiary/aromatic N) is 2. The van der Waals surface area contributed by atoms with Crippen molar-refractivity contribution in [2.24, 2.45) is 7.05 Å². The number of anilines is 1. The zero-order chi connectivity index (χ0) is 29.1. The smallest absolute Gasteiger partial charge is 0.274 e. The summed E-state index contributed by atoms with van der Waals surface area (Å²) in [6.45, 7) is 8.90. The third-order valence-electron chi connectivity index (χ3n) is 6.66. The number of rotatable bonds is 9. The molecule has 0 aliphatic carbocycles. The van der Waals surface area contributed by atoms with Gasteiger partial charge in [-0.1, -0.05) is 6.07 Å². The van der Waals surface area contributed by atoms with Crippen LogP contribution < -0.4 is 20.9 Å². The summed E-state index contributed by atoms with van der Waals surface area (Å²) < 4.78 is 7.92. The summed E-state index contributed by atoms with van der Waals surface area (Å²) >= 11 is 0. The summed E-state index contributed by atoms with van der Waals surface area (Å²) in [5, 5.41) is 6.42. The number of hydrogen-bond acceptors (Lipinski definition) is 5. The van der Waals surface area contributed by atoms with Crippen LogP contribution in [0.1, 0.15) is 40.5 Å². The van der Waals surface area contributed by atoms with E-state index < -0.39 is 0 Å². The average molecular weight is 544 g/mol. The van der Waals surface area contributed by atoms with E-state index in [0.29, 0.717) is 47.6 Å². The first-order valence-electron chi connectivity index (χ1n) is 13.3. The summed E-state index contributed by atoms with van der Waals surface area (Å²) in [7, 11) is 5.57. The molecule has 2 amide bonds. The van der Waals surface area contributed by atoms with Crippen LogP contribution in [-0.4, -0.2) is 53.5 Å². The second kappa shape index (κ2) is 11.8. The van der Waals surface area contributed by atoms with Crippen LogP contribution in [-0.2, 0) is 11.8 Å². The van der Waals surface area contributed by atoms with Gasteiger partial charge in [-0.05, 0) is 94.4 Å². The molecule has 0 atom stereocenters. The number of nitrogens with one attached hydrogen (secondary N) is 3. The lowest BCUT2D eigenvalue weighted by Gasteiger charge is -2.16. The van der Waals surface area contributed by atoms with Crippen molar-refractivity contribution in [3.8, 4) is 22.6 Å². The molecule has 2 aromatic carbocycles. The highest BCUT2D eigenvalue weighted by Crippen LogP contribution is 2.36. The second-order valence-corrected chi connectivity index (χ2v) is 10.5. The van der Waals surface area contributed by atoms with Gasteiger partial charge in [0.2, 0.25) is 5.91 Å². The number of aryl methyl sites for hydroxylation is 4. The fraction of sp³-hybridized carbons (Fsp3) is 0.323. The van der Waals surface area contributed by atoms with E-state index in [-0.39, 0.29) is 17.4 Å². The first-order chi connectivity index (χ1) is 19.0. The molecule has 2 heterocycles. The molecule has 0 saturated carbocycles. The Morgan fingerprint density at radius 1 is 1.02 bits per heavy atom. The van der Waals surface area contributed by atoms with Gasteiger partial charge in [-0.3, -0.25) is 14.4 Å². The van der Waals surface area contributed by atoms with Gasteiger partial charge >= 0.3 is 0 Å². The molecule has 0 bridgehead atoms. The predicted molar refractivity (Wildman–Crippen MR) is 160 cm³/mol. The Kier molecular flexibility index (Phi) is 8.44. The van der Waals surface area contributed by atoms with Crippen molar-refractivity contribution in [2.75, 3.05) is 32.5 Å². The van der Waals surface area contributed by atoms with Crippen LogP contribution in [0.25, 0.3) is 22.0 Å². The maximum absolute atomic E-state index is 12.9. The van der Waals surface area contributed by atoms with Gasteiger partial charge < -0.3 is 29.8 Å². The number of carbonyl (C=O) groups excluding carboxylic acids is 2. The Labute approximate surface area is 234 Å². The van der Waals surface area contributed by atoms with Crippen molar-refractivity contribution in [2.45, 2.75) is 34.1 Å². The number of fused-ring (bicyclic) bond motifs is 1. The van der Waals surface area contributed by atoms with E-state index in [1.165, 1.54) is 4.57 Å². The van der Waals surface area contributed by atoms with Crippen LogP contribution in [0.4, 0.5) is 5.69 Å². The van der Waals surface area contributed by atoms with Gasteiger partial charge in [0.05, 0.1) is 0 Å². The molecular weight excluding hydrogens is 506 g/mol. The molecule has 0 spiro atoms. The molecule has 0 radical (unpaired) electrons. The molecule has 4 aromatic rings. The summed E-state index contributed by atoms with van der Waals surface area (Å²) in [4.78, 5) is 42.6. The van der Waals surface area contributed by atoms with E-state index in [9.17, 15) is 14.4 Å². The number of ether oxygens (including phenoxy) is 1. The quantitative estimate of drug-likeness (QED) is 0.279. The molecule has 2 aromatic heterocycles. The third kappa shape index (κ3) is 6.26. The molecule has 9 nitrogen and oxygen atoms in total. The maximum atomic E-state index is 12.9. The standard InChI is InChI=1S/C31H37N5O4/c1-8-32-30(38)26-16-24-25(17-36(7)31(39)28(24)34-26)21-11-18(2)12-23(15-21)40-29-19(3)13-22(14-20(29)4)33-27(37)9-10-35(5)6/h11-17,34H,8-10H2,1-7H3,(H,32,38)(H,33,37). The van der Waals surface area contributed by atoms with Crippen LogP contribution in [0.2, 0.25) is 0 Å². The highest BCUT2D eigenvalue weighted by atomic mass is 16.5. The lowest BCUT2D eigenvalue weighted by atomic mass is 10.0. The predicted octanol–water partition coefficient (Wildman–Crippen LogP) is 4.89. The SMILES string of the molecule is CCNC(=O)c1cc2c(-c3cc(C)cc(Oc4c(C)cc(NC(=O)CCN(C)C)cc4C)c3)cn(C)c(=O)c2[nH]1. The Hall–Kier alpha value is -4.37. The molecule has 0 aliphatic rings. The Bertz CT molecular complexity index is 1620. The van der Waals surface area contributed by atoms with Crippen molar-refractivity contribution in [3.05, 3.63) is 75.3 Å². The van der Waals surface area contributed by atoms with Gasteiger partial charge in [0, 0.05) is 49.4 Å². The largest absolute Gasteiger partial charge is 0.457 e. The third-order valence-corrected chi connectivity index (χ3v) is 6.66. The van der Waals surface area contributed by atoms with Gasteiger partial charge in [0.15, 0.2) is 0 Å². The summed E-state index contributed by atoms with van der Waals surface area (Å²) in [6.07, 6.45) is 2.20. The lowest BCUT2D eigenvalue weighted by molar-refractivity contribution is -0.116. The summed E-state index contributed by atoms with van der Waals surface area (Å²) in [6, 6.07) is 11.4. The topological polar surface area (TPSA) is 108 Å². The highest BCUT2D eigenvalue weighted by molar-refractivity contribution is 6.02. The summed E-state index contributed by atoms with van der Waals surface area (Å²) in [5.74, 6) is 1.07. The number of pyridine rings is 1. The van der Waals surface area contributed by atoms with Crippen molar-refractivity contribution >= 4 is 28.4 Å². The van der Waals surface area contributed by atoms with E-state index in [4.69, 9.17) is 4.74 Å². The number of carbonyl (C=O) groups is 2. The van der Waals surface area contributed by atoms with Crippen molar-refractivity contribution in [1.29, 1.82) is 0 Å². The molecule has 3 N–H and O–H groups in total. The minimum Gasteiger partial charge on any atom is -0.457 e. The maximum Gasteiger partial charge on any atom is 0.274 e. The fourth-order valence-corrected chi connectivity index (χ4v) is 4.75. The first kappa shape index (κ1) is 28.6. The molecule has 4 rings (SSSR count). The molecule has 0 aliphatic heterocycles. The number of aromatic nitrogens is 2. The van der Waals surface area contributed by atoms with Gasteiger partial charge in [-0.25, -0.2) is 0 Å². The van der Waals surface area contributed by atoms with Gasteiger partial charge in [-0.2, -0.15) is 0 Å². The molecule has 0 fully saturated rings. The van der Waals surface area contributed by atoms with Crippen LogP contribution in [0, 0.1) is 20.8 Å². The number of benzene rings is 2. The first-order valence-corrected chi connectivity index (χ1v) is 13.3. The highest BCUT2D eigenvalue weighted by Gasteiger charge is 2.17. The fourth-order valence-electron chi connectivity index (χ4n) is 4.75. The van der Waals surface area contributed by atoms with Crippen LogP contribution in [0.15, 0.2) is 47.4 Å². The van der Waals surface area contributed by atoms with Crippen molar-refractivity contribution < 1.29 is 14.3 Å². The van der Waals surface area contributed by atoms with Crippen molar-refractivity contribution in [3.63, 3.8) is 0 Å². The second-order valence-electron chi connectivity index (χ2n) is 10.5. The number of hydrogen-bond donors (Lipinski definition) is 3. The molecule has 0 saturated heterocycles. The van der Waals surface area contributed by atoms with Gasteiger partial charge in [0.25, 0.3) is 11.5 Å². The molecular formula is C31H37N5O4. The normalized spacial score (nSPS) is 11.2. The Morgan fingerprint density at radius 3 is 2.38 bits per heavy atom. The minimum atomic E-state index is -0.261. The number of H-pyrrole nitrogens is 1. The van der Waals surface area contributed by atoms with Gasteiger partial charge in [0.1, 0.15) is 22.7 Å². The van der Waals surface area contributed by atoms with Crippen molar-refractivity contribution in [1.82, 2.24) is 19.8 Å². The number of aromatic amines is 1. The van der Waals surface area contributed by atoms with E-state index in [0.717, 1.165) is 33.5 Å². The zero-order valence-electron chi connectivity index (χ0n) is 24.2. The molecule has 40 heavy (non-hydrogen) atoms. The molecule has 210 valence electrons. The van der Waals surface area contributed by atoms with Gasteiger partial charge in [-0.15, -0.1) is 0 Å².